The quantitative estimate of drug-likeness (QED) is 0.109. The smallest absolute Gasteiger partial charge is 0.346 e. The number of aromatic hydroxyl groups is 1. The molecule has 1 unspecified atom stereocenters. The molecular weight excluding hydrogens is 1090 g/mol. The lowest BCUT2D eigenvalue weighted by atomic mass is 9.81. The van der Waals surface area contributed by atoms with E-state index in [1.54, 1.807) is 31.2 Å². The van der Waals surface area contributed by atoms with E-state index >= 15 is 9.13 Å². The minimum Gasteiger partial charge on any atom is -0.506 e. The van der Waals surface area contributed by atoms with Gasteiger partial charge in [0.2, 0.25) is 0 Å². The predicted octanol–water partition coefficient (Wildman–Crippen LogP) is 18.0. The Morgan fingerprint density at radius 3 is 0.866 bits per heavy atom. The lowest BCUT2D eigenvalue weighted by molar-refractivity contribution is -0.147. The molecule has 0 amide bonds. The third-order valence-electron chi connectivity index (χ3n) is 16.0. The van der Waals surface area contributed by atoms with Gasteiger partial charge in [0, 0.05) is 43.0 Å². The minimum absolute atomic E-state index is 0.0172. The van der Waals surface area contributed by atoms with Crippen LogP contribution in [0.4, 0.5) is 0 Å². The Kier molecular flexibility index (Phi) is 18.2. The summed E-state index contributed by atoms with van der Waals surface area (Å²) in [6.07, 6.45) is -1.27. The molecule has 0 aromatic heterocycles. The van der Waals surface area contributed by atoms with Crippen molar-refractivity contribution in [2.75, 3.05) is 7.11 Å². The molecular formula is C72H96Cl2O6P2. The number of methoxy groups -OCH3 is 1. The first-order chi connectivity index (χ1) is 37.0. The Hall–Kier alpha value is -4.57. The van der Waals surface area contributed by atoms with Gasteiger partial charge in [-0.05, 0) is 168 Å². The zero-order valence-corrected chi connectivity index (χ0v) is 57.8. The van der Waals surface area contributed by atoms with Crippen LogP contribution in [0.25, 0.3) is 11.1 Å². The van der Waals surface area contributed by atoms with E-state index in [1.807, 2.05) is 0 Å². The fourth-order valence-electron chi connectivity index (χ4n) is 10.1. The molecule has 0 aliphatic carbocycles. The van der Waals surface area contributed by atoms with E-state index in [1.165, 1.54) is 7.11 Å². The van der Waals surface area contributed by atoms with E-state index in [-0.39, 0.29) is 37.5 Å². The van der Waals surface area contributed by atoms with Crippen molar-refractivity contribution in [1.29, 1.82) is 0 Å². The van der Waals surface area contributed by atoms with E-state index in [4.69, 9.17) is 32.7 Å². The normalized spacial score (nSPS) is 14.0. The number of benzene rings is 6. The van der Waals surface area contributed by atoms with Gasteiger partial charge in [0.05, 0.1) is 17.2 Å². The summed E-state index contributed by atoms with van der Waals surface area (Å²) < 4.78 is 49.3. The van der Waals surface area contributed by atoms with Gasteiger partial charge >= 0.3 is 5.97 Å². The monoisotopic (exact) mass is 1190 g/mol. The summed E-state index contributed by atoms with van der Waals surface area (Å²) in [6, 6.07) is 32.1. The molecule has 0 radical (unpaired) electrons. The highest BCUT2D eigenvalue weighted by Crippen LogP contribution is 2.57. The van der Waals surface area contributed by atoms with Gasteiger partial charge in [0.25, 0.3) is 0 Å². The Morgan fingerprint density at radius 1 is 0.402 bits per heavy atom. The predicted molar refractivity (Wildman–Crippen MR) is 354 cm³/mol. The summed E-state index contributed by atoms with van der Waals surface area (Å²) in [6.45, 7) is 53.3. The fourth-order valence-corrected chi connectivity index (χ4v) is 16.4. The molecule has 0 aliphatic rings. The number of hydrogen-bond donors (Lipinski definition) is 1. The molecule has 1 N–H and O–H groups in total. The van der Waals surface area contributed by atoms with Crippen LogP contribution in [0.3, 0.4) is 0 Å². The first-order valence-corrected chi connectivity index (χ1v) is 33.1. The van der Waals surface area contributed by atoms with Gasteiger partial charge in [0.1, 0.15) is 11.5 Å². The van der Waals surface area contributed by atoms with Crippen LogP contribution in [0, 0.1) is 0 Å². The summed E-state index contributed by atoms with van der Waals surface area (Å²) in [5.74, 6) is -1.18. The van der Waals surface area contributed by atoms with Gasteiger partial charge in [-0.15, -0.1) is 0 Å². The number of phenols is 1. The second-order valence-corrected chi connectivity index (χ2v) is 37.4. The molecule has 6 aromatic rings. The second-order valence-electron chi connectivity index (χ2n) is 31.1. The van der Waals surface area contributed by atoms with Crippen molar-refractivity contribution in [2.24, 2.45) is 0 Å². The molecule has 0 spiro atoms. The number of carbonyl (C=O) groups is 1. The third-order valence-corrected chi connectivity index (χ3v) is 22.7. The number of carbonyl (C=O) groups excluding carboxylic acids is 1. The maximum absolute atomic E-state index is 18.6. The van der Waals surface area contributed by atoms with Crippen LogP contribution in [0.5, 0.6) is 11.5 Å². The van der Waals surface area contributed by atoms with Crippen LogP contribution < -0.4 is 36.6 Å². The van der Waals surface area contributed by atoms with Gasteiger partial charge in [-0.2, -0.15) is 0 Å². The standard InChI is InChI=1S/C72H96Cl2O6P2/c1-43(64(76)79-26)80-63-57(74)28-30-59(82(78,54-39-48(69(14,15)16)33-49(40-54)70(17,18)19)55-41-50(71(20,21)22)34-51(42-55)72(23,24)25)61(63)60-58(29-27-56(73)62(60)75)81(77,52-35-44(65(2,3)4)31-45(36-52)66(5,6)7)53-37-46(67(8,9)10)32-47(38-53)68(11,12)13/h27-43,75H,1-26H3. The largest absolute Gasteiger partial charge is 0.506 e. The molecule has 0 fully saturated rings. The summed E-state index contributed by atoms with van der Waals surface area (Å²) in [7, 11) is -7.41. The number of halogens is 2. The number of esters is 1. The highest BCUT2D eigenvalue weighted by atomic mass is 35.5. The van der Waals surface area contributed by atoms with Gasteiger partial charge < -0.3 is 23.7 Å². The molecule has 82 heavy (non-hydrogen) atoms. The first-order valence-electron chi connectivity index (χ1n) is 28.9. The summed E-state index contributed by atoms with van der Waals surface area (Å²) in [5.41, 5.74) is 4.73. The zero-order chi connectivity index (χ0) is 62.4. The van der Waals surface area contributed by atoms with Gasteiger partial charge in [-0.3, -0.25) is 0 Å². The molecule has 6 nitrogen and oxygen atoms in total. The minimum atomic E-state index is -4.36. The lowest BCUT2D eigenvalue weighted by Gasteiger charge is -2.34. The van der Waals surface area contributed by atoms with Crippen molar-refractivity contribution in [1.82, 2.24) is 0 Å². The number of hydrogen-bond acceptors (Lipinski definition) is 6. The number of rotatable bonds is 10. The molecule has 6 aromatic carbocycles. The Bertz CT molecular complexity index is 3240. The number of ether oxygens (including phenoxy) is 2. The van der Waals surface area contributed by atoms with E-state index in [0.29, 0.717) is 21.2 Å². The van der Waals surface area contributed by atoms with Crippen LogP contribution in [0.1, 0.15) is 218 Å². The Morgan fingerprint density at radius 2 is 0.634 bits per heavy atom. The molecule has 0 bridgehead atoms. The molecule has 0 saturated heterocycles. The van der Waals surface area contributed by atoms with E-state index < -0.39 is 75.4 Å². The first kappa shape index (κ1) is 66.6. The summed E-state index contributed by atoms with van der Waals surface area (Å²) in [4.78, 5) is 13.7. The average molecular weight is 1190 g/mol. The SMILES string of the molecule is COC(=O)C(C)Oc1c(Cl)ccc(P(=O)(c2cc(C(C)(C)C)cc(C(C)(C)C)c2)c2cc(C(C)(C)C)cc(C(C)(C)C)c2)c1-c1c(P(=O)(c2cc(C(C)(C)C)cc(C(C)(C)C)c2)c2cc(C(C)(C)C)cc(C(C)(C)C)c2)ccc(Cl)c1O. The second kappa shape index (κ2) is 22.4. The average Bonchev–Trinajstić information content (AvgIpc) is 2.90. The van der Waals surface area contributed by atoms with E-state index in [9.17, 15) is 9.90 Å². The van der Waals surface area contributed by atoms with Crippen molar-refractivity contribution in [3.8, 4) is 22.6 Å². The molecule has 0 aliphatic heterocycles. The zero-order valence-electron chi connectivity index (χ0n) is 54.5. The van der Waals surface area contributed by atoms with E-state index in [2.05, 4.69) is 239 Å². The van der Waals surface area contributed by atoms with Crippen LogP contribution in [-0.4, -0.2) is 24.3 Å². The summed E-state index contributed by atoms with van der Waals surface area (Å²) in [5, 5.41) is 16.0. The van der Waals surface area contributed by atoms with Crippen molar-refractivity contribution in [2.45, 2.75) is 223 Å². The Labute approximate surface area is 504 Å². The fraction of sp³-hybridized carbons (Fsp3) is 0.486. The molecule has 0 saturated carbocycles. The van der Waals surface area contributed by atoms with Crippen LogP contribution in [-0.2, 0) is 62.0 Å². The summed E-state index contributed by atoms with van der Waals surface area (Å²) >= 11 is 14.9. The van der Waals surface area contributed by atoms with Crippen molar-refractivity contribution in [3.63, 3.8) is 0 Å². The Balaban J connectivity index is 2.08. The molecule has 444 valence electrons. The molecule has 10 heteroatoms. The highest BCUT2D eigenvalue weighted by molar-refractivity contribution is 7.86. The maximum Gasteiger partial charge on any atom is 0.346 e. The van der Waals surface area contributed by atoms with Crippen molar-refractivity contribution >= 4 is 75.3 Å². The van der Waals surface area contributed by atoms with Gasteiger partial charge in [-0.25, -0.2) is 4.79 Å². The maximum atomic E-state index is 18.6. The molecule has 0 heterocycles. The third kappa shape index (κ3) is 13.6. The lowest BCUT2D eigenvalue weighted by Crippen LogP contribution is -2.34. The number of phenolic OH excluding ortho intramolecular Hbond substituents is 1. The van der Waals surface area contributed by atoms with Crippen LogP contribution in [0.2, 0.25) is 10.0 Å². The van der Waals surface area contributed by atoms with Gasteiger partial charge in [0.15, 0.2) is 20.4 Å². The van der Waals surface area contributed by atoms with Crippen LogP contribution in [0.15, 0.2) is 97.1 Å². The van der Waals surface area contributed by atoms with E-state index in [0.717, 1.165) is 44.5 Å². The van der Waals surface area contributed by atoms with Crippen LogP contribution >= 0.6 is 37.5 Å². The molecule has 6 rings (SSSR count). The highest BCUT2D eigenvalue weighted by Gasteiger charge is 2.44. The van der Waals surface area contributed by atoms with Gasteiger partial charge in [-0.1, -0.05) is 214 Å². The topological polar surface area (TPSA) is 89.9 Å². The van der Waals surface area contributed by atoms with Crippen molar-refractivity contribution in [3.05, 3.63) is 152 Å². The van der Waals surface area contributed by atoms with Crippen molar-refractivity contribution < 1.29 is 28.5 Å². The molecule has 1 atom stereocenters.